The molecule has 0 amide bonds. The highest BCUT2D eigenvalue weighted by Crippen LogP contribution is 2.44. The molecule has 0 spiro atoms. The second kappa shape index (κ2) is 8.71. The molecule has 0 fully saturated rings. The summed E-state index contributed by atoms with van der Waals surface area (Å²) in [6.07, 6.45) is 7.52. The maximum Gasteiger partial charge on any atom is 0.231 e. The van der Waals surface area contributed by atoms with Crippen molar-refractivity contribution in [1.29, 1.82) is 0 Å². The van der Waals surface area contributed by atoms with Crippen LogP contribution in [0.5, 0.6) is 17.2 Å². The zero-order chi connectivity index (χ0) is 22.9. The second-order valence-electron chi connectivity index (χ2n) is 8.59. The Kier molecular flexibility index (Phi) is 5.26. The van der Waals surface area contributed by atoms with Crippen LogP contribution in [0.1, 0.15) is 40.4 Å². The molecular formula is C28H24N2O4. The summed E-state index contributed by atoms with van der Waals surface area (Å²) in [6, 6.07) is 20.0. The third-order valence-electron chi connectivity index (χ3n) is 6.44. The van der Waals surface area contributed by atoms with Crippen molar-refractivity contribution >= 4 is 5.78 Å². The monoisotopic (exact) mass is 452 g/mol. The average molecular weight is 453 g/mol. The molecule has 6 heteroatoms. The minimum absolute atomic E-state index is 0.188. The molecule has 34 heavy (non-hydrogen) atoms. The number of imidazole rings is 1. The summed E-state index contributed by atoms with van der Waals surface area (Å²) in [5, 5.41) is 0. The quantitative estimate of drug-likeness (QED) is 0.380. The van der Waals surface area contributed by atoms with Gasteiger partial charge in [0.25, 0.3) is 0 Å². The first kappa shape index (κ1) is 20.5. The van der Waals surface area contributed by atoms with Crippen LogP contribution < -0.4 is 14.2 Å². The average Bonchev–Trinajstić information content (AvgIpc) is 3.56. The fourth-order valence-corrected chi connectivity index (χ4v) is 4.79. The van der Waals surface area contributed by atoms with Crippen molar-refractivity contribution in [2.75, 3.05) is 6.79 Å². The number of Topliss-reactive ketones (excluding diaryl/α,β-unsaturated/α-hetero) is 1. The van der Waals surface area contributed by atoms with Gasteiger partial charge in [0.2, 0.25) is 6.79 Å². The van der Waals surface area contributed by atoms with Crippen LogP contribution in [0.2, 0.25) is 0 Å². The summed E-state index contributed by atoms with van der Waals surface area (Å²) in [4.78, 5) is 16.9. The van der Waals surface area contributed by atoms with E-state index in [1.165, 1.54) is 0 Å². The molecule has 1 unspecified atom stereocenters. The zero-order valence-corrected chi connectivity index (χ0v) is 18.6. The van der Waals surface area contributed by atoms with Gasteiger partial charge in [-0.1, -0.05) is 36.4 Å². The first-order chi connectivity index (χ1) is 16.8. The number of benzene rings is 3. The van der Waals surface area contributed by atoms with Gasteiger partial charge in [-0.15, -0.1) is 0 Å². The molecule has 6 rings (SSSR count). The topological polar surface area (TPSA) is 62.6 Å². The van der Waals surface area contributed by atoms with Crippen molar-refractivity contribution in [2.24, 2.45) is 0 Å². The van der Waals surface area contributed by atoms with Crippen LogP contribution in [-0.2, 0) is 13.0 Å². The molecule has 6 nitrogen and oxygen atoms in total. The van der Waals surface area contributed by atoms with Crippen LogP contribution in [0, 0.1) is 0 Å². The molecule has 1 aliphatic carbocycles. The molecule has 1 aromatic heterocycles. The van der Waals surface area contributed by atoms with E-state index in [-0.39, 0.29) is 18.7 Å². The van der Waals surface area contributed by atoms with Gasteiger partial charge in [-0.2, -0.15) is 0 Å². The van der Waals surface area contributed by atoms with Gasteiger partial charge in [-0.25, -0.2) is 4.98 Å². The van der Waals surface area contributed by atoms with Crippen molar-refractivity contribution in [3.05, 3.63) is 96.1 Å². The van der Waals surface area contributed by atoms with E-state index < -0.39 is 0 Å². The zero-order valence-electron chi connectivity index (χ0n) is 18.6. The number of rotatable bonds is 6. The number of hydrogen-bond acceptors (Lipinski definition) is 5. The SMILES string of the molecule is O=C1CCCc2c1ccc(OC(Cn1ccnc1)c1ccccc1)c2-c1ccc2c(c1)OCO2. The van der Waals surface area contributed by atoms with E-state index in [1.807, 2.05) is 59.3 Å². The molecule has 2 heterocycles. The highest BCUT2D eigenvalue weighted by Gasteiger charge is 2.26. The van der Waals surface area contributed by atoms with Gasteiger partial charge >= 0.3 is 0 Å². The van der Waals surface area contributed by atoms with Crippen LogP contribution in [-0.4, -0.2) is 22.1 Å². The van der Waals surface area contributed by atoms with Crippen LogP contribution in [0.25, 0.3) is 11.1 Å². The predicted molar refractivity (Wildman–Crippen MR) is 127 cm³/mol. The van der Waals surface area contributed by atoms with Gasteiger partial charge in [-0.05, 0) is 53.8 Å². The summed E-state index contributed by atoms with van der Waals surface area (Å²) in [6.45, 7) is 0.828. The molecule has 0 radical (unpaired) electrons. The molecule has 0 saturated heterocycles. The van der Waals surface area contributed by atoms with Crippen LogP contribution in [0.15, 0.2) is 79.4 Å². The first-order valence-electron chi connectivity index (χ1n) is 11.5. The molecule has 3 aromatic carbocycles. The Bertz CT molecular complexity index is 1330. The lowest BCUT2D eigenvalue weighted by molar-refractivity contribution is 0.0972. The predicted octanol–water partition coefficient (Wildman–Crippen LogP) is 5.62. The maximum absolute atomic E-state index is 12.7. The summed E-state index contributed by atoms with van der Waals surface area (Å²) >= 11 is 0. The minimum atomic E-state index is -0.236. The van der Waals surface area contributed by atoms with E-state index in [1.54, 1.807) is 12.5 Å². The number of aromatic nitrogens is 2. The largest absolute Gasteiger partial charge is 0.483 e. The van der Waals surface area contributed by atoms with Gasteiger partial charge in [-0.3, -0.25) is 4.79 Å². The lowest BCUT2D eigenvalue weighted by Gasteiger charge is -2.26. The number of ether oxygens (including phenoxy) is 3. The molecule has 4 aromatic rings. The van der Waals surface area contributed by atoms with E-state index in [2.05, 4.69) is 17.1 Å². The van der Waals surface area contributed by atoms with Gasteiger partial charge in [0.05, 0.1) is 12.9 Å². The van der Waals surface area contributed by atoms with Gasteiger partial charge < -0.3 is 18.8 Å². The smallest absolute Gasteiger partial charge is 0.231 e. The van der Waals surface area contributed by atoms with Gasteiger partial charge in [0, 0.05) is 29.9 Å². The number of fused-ring (bicyclic) bond motifs is 2. The molecule has 0 saturated carbocycles. The maximum atomic E-state index is 12.7. The van der Waals surface area contributed by atoms with Gasteiger partial charge in [0.15, 0.2) is 17.3 Å². The molecular weight excluding hydrogens is 428 g/mol. The van der Waals surface area contributed by atoms with E-state index in [9.17, 15) is 4.79 Å². The number of nitrogens with zero attached hydrogens (tertiary/aromatic N) is 2. The Hall–Kier alpha value is -4.06. The summed E-state index contributed by atoms with van der Waals surface area (Å²) in [5.74, 6) is 2.38. The highest BCUT2D eigenvalue weighted by molar-refractivity contribution is 6.01. The highest BCUT2D eigenvalue weighted by atomic mass is 16.7. The van der Waals surface area contributed by atoms with Crippen LogP contribution in [0.3, 0.4) is 0 Å². The Morgan fingerprint density at radius 3 is 2.74 bits per heavy atom. The lowest BCUT2D eigenvalue weighted by Crippen LogP contribution is -2.17. The van der Waals surface area contributed by atoms with E-state index in [0.717, 1.165) is 52.2 Å². The normalized spacial score (nSPS) is 15.1. The number of carbonyl (C=O) groups excluding carboxylic acids is 1. The minimum Gasteiger partial charge on any atom is -0.483 e. The molecule has 170 valence electrons. The Labute approximate surface area is 197 Å². The molecule has 1 atom stereocenters. The summed E-state index contributed by atoms with van der Waals surface area (Å²) in [7, 11) is 0. The van der Waals surface area contributed by atoms with Crippen molar-refractivity contribution in [2.45, 2.75) is 31.9 Å². The Balaban J connectivity index is 1.47. The van der Waals surface area contributed by atoms with Crippen molar-refractivity contribution < 1.29 is 19.0 Å². The summed E-state index contributed by atoms with van der Waals surface area (Å²) in [5.41, 5.74) is 4.82. The number of carbonyl (C=O) groups is 1. The van der Waals surface area contributed by atoms with E-state index >= 15 is 0 Å². The third-order valence-corrected chi connectivity index (χ3v) is 6.44. The standard InChI is InChI=1S/C28H24N2O4/c31-23-8-4-7-22-21(23)10-12-25(28(22)20-9-11-24-26(15-20)33-18-32-24)34-27(16-30-14-13-29-17-30)19-5-2-1-3-6-19/h1-3,5-6,9-15,17,27H,4,7-8,16,18H2. The molecule has 2 aliphatic rings. The van der Waals surface area contributed by atoms with Crippen molar-refractivity contribution in [3.63, 3.8) is 0 Å². The number of ketones is 1. The van der Waals surface area contributed by atoms with Crippen LogP contribution >= 0.6 is 0 Å². The lowest BCUT2D eigenvalue weighted by atomic mass is 9.84. The van der Waals surface area contributed by atoms with Crippen molar-refractivity contribution in [3.8, 4) is 28.4 Å². The van der Waals surface area contributed by atoms with E-state index in [0.29, 0.717) is 18.7 Å². The van der Waals surface area contributed by atoms with Gasteiger partial charge in [0.1, 0.15) is 11.9 Å². The Morgan fingerprint density at radius 2 is 1.88 bits per heavy atom. The number of hydrogen-bond donors (Lipinski definition) is 0. The summed E-state index contributed by atoms with van der Waals surface area (Å²) < 4.78 is 19.9. The second-order valence-corrected chi connectivity index (χ2v) is 8.59. The van der Waals surface area contributed by atoms with Crippen LogP contribution in [0.4, 0.5) is 0 Å². The fraction of sp³-hybridized carbons (Fsp3) is 0.214. The van der Waals surface area contributed by atoms with Crippen molar-refractivity contribution in [1.82, 2.24) is 9.55 Å². The third kappa shape index (κ3) is 3.81. The molecule has 0 bridgehead atoms. The molecule has 0 N–H and O–H groups in total. The first-order valence-corrected chi connectivity index (χ1v) is 11.5. The fourth-order valence-electron chi connectivity index (χ4n) is 4.79. The van der Waals surface area contributed by atoms with E-state index in [4.69, 9.17) is 14.2 Å². The Morgan fingerprint density at radius 1 is 1.00 bits per heavy atom. The molecule has 1 aliphatic heterocycles.